The molecule has 1 N–H and O–H groups in total. The minimum atomic E-state index is 0.412. The summed E-state index contributed by atoms with van der Waals surface area (Å²) in [5.74, 6) is 1.26. The maximum atomic E-state index is 5.23. The fourth-order valence-electron chi connectivity index (χ4n) is 1.36. The predicted octanol–water partition coefficient (Wildman–Crippen LogP) is 2.84. The van der Waals surface area contributed by atoms with Gasteiger partial charge in [0.15, 0.2) is 5.82 Å². The standard InChI is InChI=1S/C12H14IN3O/c1-8(2)14-7-11-15-12(17-16-11)9-4-3-5-10(13)6-9/h3-6,8,14H,7H2,1-2H3. The highest BCUT2D eigenvalue weighted by molar-refractivity contribution is 14.1. The maximum Gasteiger partial charge on any atom is 0.258 e. The van der Waals surface area contributed by atoms with E-state index in [0.29, 0.717) is 24.3 Å². The lowest BCUT2D eigenvalue weighted by Gasteiger charge is -2.03. The topological polar surface area (TPSA) is 51.0 Å². The van der Waals surface area contributed by atoms with Gasteiger partial charge < -0.3 is 9.84 Å². The minimum Gasteiger partial charge on any atom is -0.334 e. The van der Waals surface area contributed by atoms with Crippen molar-refractivity contribution in [3.63, 3.8) is 0 Å². The number of nitrogens with one attached hydrogen (secondary N) is 1. The second-order valence-electron chi connectivity index (χ2n) is 4.06. The van der Waals surface area contributed by atoms with Crippen LogP contribution < -0.4 is 5.32 Å². The molecule has 0 saturated heterocycles. The molecule has 0 radical (unpaired) electrons. The highest BCUT2D eigenvalue weighted by atomic mass is 127. The number of hydrogen-bond donors (Lipinski definition) is 1. The molecule has 0 aliphatic rings. The van der Waals surface area contributed by atoms with E-state index >= 15 is 0 Å². The fourth-order valence-corrected chi connectivity index (χ4v) is 1.90. The molecule has 5 heteroatoms. The van der Waals surface area contributed by atoms with E-state index in [9.17, 15) is 0 Å². The smallest absolute Gasteiger partial charge is 0.258 e. The quantitative estimate of drug-likeness (QED) is 0.868. The summed E-state index contributed by atoms with van der Waals surface area (Å²) in [6.45, 7) is 4.80. The van der Waals surface area contributed by atoms with E-state index in [2.05, 4.69) is 51.9 Å². The molecule has 0 saturated carbocycles. The zero-order valence-corrected chi connectivity index (χ0v) is 11.9. The van der Waals surface area contributed by atoms with Gasteiger partial charge >= 0.3 is 0 Å². The van der Waals surface area contributed by atoms with Gasteiger partial charge in [0.25, 0.3) is 5.89 Å². The molecule has 2 aromatic rings. The van der Waals surface area contributed by atoms with Crippen LogP contribution in [0.5, 0.6) is 0 Å². The summed E-state index contributed by atoms with van der Waals surface area (Å²) < 4.78 is 6.39. The molecule has 1 aromatic heterocycles. The van der Waals surface area contributed by atoms with Gasteiger partial charge in [-0.15, -0.1) is 0 Å². The van der Waals surface area contributed by atoms with E-state index in [1.807, 2.05) is 24.3 Å². The summed E-state index contributed by atoms with van der Waals surface area (Å²) in [5, 5.41) is 7.19. The Labute approximate surface area is 114 Å². The van der Waals surface area contributed by atoms with Crippen molar-refractivity contribution in [1.82, 2.24) is 15.5 Å². The Hall–Kier alpha value is -0.950. The average molecular weight is 343 g/mol. The molecule has 0 fully saturated rings. The highest BCUT2D eigenvalue weighted by Gasteiger charge is 2.08. The summed E-state index contributed by atoms with van der Waals surface area (Å²) in [6, 6.07) is 8.41. The van der Waals surface area contributed by atoms with E-state index < -0.39 is 0 Å². The molecular weight excluding hydrogens is 329 g/mol. The van der Waals surface area contributed by atoms with E-state index in [1.165, 1.54) is 0 Å². The number of benzene rings is 1. The van der Waals surface area contributed by atoms with Gasteiger partial charge in [-0.25, -0.2) is 0 Å². The van der Waals surface area contributed by atoms with Crippen molar-refractivity contribution < 1.29 is 4.52 Å². The Morgan fingerprint density at radius 2 is 2.24 bits per heavy atom. The van der Waals surface area contributed by atoms with Gasteiger partial charge in [-0.1, -0.05) is 25.1 Å². The zero-order valence-electron chi connectivity index (χ0n) is 9.77. The van der Waals surface area contributed by atoms with Crippen molar-refractivity contribution in [2.75, 3.05) is 0 Å². The SMILES string of the molecule is CC(C)NCc1noc(-c2cccc(I)c2)n1. The molecule has 17 heavy (non-hydrogen) atoms. The van der Waals surface area contributed by atoms with E-state index in [-0.39, 0.29) is 0 Å². The lowest BCUT2D eigenvalue weighted by Crippen LogP contribution is -2.22. The van der Waals surface area contributed by atoms with Gasteiger partial charge in [0.05, 0.1) is 6.54 Å². The third-order valence-electron chi connectivity index (χ3n) is 2.21. The van der Waals surface area contributed by atoms with Crippen molar-refractivity contribution in [2.24, 2.45) is 0 Å². The van der Waals surface area contributed by atoms with Crippen LogP contribution in [0.1, 0.15) is 19.7 Å². The first-order valence-electron chi connectivity index (χ1n) is 5.47. The largest absolute Gasteiger partial charge is 0.334 e. The summed E-state index contributed by atoms with van der Waals surface area (Å²) in [4.78, 5) is 4.35. The number of nitrogens with zero attached hydrogens (tertiary/aromatic N) is 2. The van der Waals surface area contributed by atoms with Crippen LogP contribution >= 0.6 is 22.6 Å². The van der Waals surface area contributed by atoms with E-state index in [1.54, 1.807) is 0 Å². The summed E-state index contributed by atoms with van der Waals surface area (Å²) in [6.07, 6.45) is 0. The summed E-state index contributed by atoms with van der Waals surface area (Å²) in [5.41, 5.74) is 0.959. The van der Waals surface area contributed by atoms with Crippen LogP contribution in [0.4, 0.5) is 0 Å². The van der Waals surface area contributed by atoms with Gasteiger partial charge in [-0.3, -0.25) is 0 Å². The maximum absolute atomic E-state index is 5.23. The molecule has 0 aliphatic heterocycles. The molecule has 1 heterocycles. The Bertz CT molecular complexity index is 496. The third kappa shape index (κ3) is 3.50. The second kappa shape index (κ2) is 5.59. The number of aromatic nitrogens is 2. The molecule has 0 unspecified atom stereocenters. The van der Waals surface area contributed by atoms with Crippen molar-refractivity contribution in [3.8, 4) is 11.5 Å². The Kier molecular flexibility index (Phi) is 4.11. The van der Waals surface area contributed by atoms with E-state index in [4.69, 9.17) is 4.52 Å². The minimum absolute atomic E-state index is 0.412. The molecule has 0 amide bonds. The van der Waals surface area contributed by atoms with Gasteiger partial charge in [0.1, 0.15) is 0 Å². The van der Waals surface area contributed by atoms with Crippen LogP contribution in [0.15, 0.2) is 28.8 Å². The first kappa shape index (κ1) is 12.5. The van der Waals surface area contributed by atoms with Crippen LogP contribution in [-0.4, -0.2) is 16.2 Å². The van der Waals surface area contributed by atoms with Crippen molar-refractivity contribution >= 4 is 22.6 Å². The van der Waals surface area contributed by atoms with Crippen molar-refractivity contribution in [1.29, 1.82) is 0 Å². The zero-order chi connectivity index (χ0) is 12.3. The van der Waals surface area contributed by atoms with Crippen LogP contribution in [0.2, 0.25) is 0 Å². The van der Waals surface area contributed by atoms with Gasteiger partial charge in [0, 0.05) is 15.2 Å². The Morgan fingerprint density at radius 1 is 1.41 bits per heavy atom. The van der Waals surface area contributed by atoms with Crippen LogP contribution in [-0.2, 0) is 6.54 Å². The molecule has 4 nitrogen and oxygen atoms in total. The Morgan fingerprint density at radius 3 is 2.94 bits per heavy atom. The summed E-state index contributed by atoms with van der Waals surface area (Å²) in [7, 11) is 0. The fraction of sp³-hybridized carbons (Fsp3) is 0.333. The molecule has 0 atom stereocenters. The predicted molar refractivity (Wildman–Crippen MR) is 74.4 cm³/mol. The number of hydrogen-bond acceptors (Lipinski definition) is 4. The second-order valence-corrected chi connectivity index (χ2v) is 5.31. The first-order valence-corrected chi connectivity index (χ1v) is 6.55. The molecular formula is C12H14IN3O. The number of halogens is 1. The summed E-state index contributed by atoms with van der Waals surface area (Å²) >= 11 is 2.26. The van der Waals surface area contributed by atoms with Crippen LogP contribution in [0, 0.1) is 3.57 Å². The molecule has 0 spiro atoms. The molecule has 0 bridgehead atoms. The third-order valence-corrected chi connectivity index (χ3v) is 2.88. The average Bonchev–Trinajstić information content (AvgIpc) is 2.75. The van der Waals surface area contributed by atoms with Gasteiger partial charge in [-0.2, -0.15) is 4.98 Å². The van der Waals surface area contributed by atoms with Crippen molar-refractivity contribution in [2.45, 2.75) is 26.4 Å². The lowest BCUT2D eigenvalue weighted by atomic mass is 10.2. The van der Waals surface area contributed by atoms with Crippen LogP contribution in [0.3, 0.4) is 0 Å². The van der Waals surface area contributed by atoms with Crippen LogP contribution in [0.25, 0.3) is 11.5 Å². The van der Waals surface area contributed by atoms with Gasteiger partial charge in [-0.05, 0) is 40.8 Å². The normalized spacial score (nSPS) is 11.1. The molecule has 1 aromatic carbocycles. The lowest BCUT2D eigenvalue weighted by molar-refractivity contribution is 0.417. The molecule has 2 rings (SSSR count). The first-order chi connectivity index (χ1) is 8.15. The van der Waals surface area contributed by atoms with E-state index in [0.717, 1.165) is 9.13 Å². The highest BCUT2D eigenvalue weighted by Crippen LogP contribution is 2.19. The van der Waals surface area contributed by atoms with Gasteiger partial charge in [0.2, 0.25) is 0 Å². The molecule has 90 valence electrons. The Balaban J connectivity index is 2.12. The van der Waals surface area contributed by atoms with Crippen molar-refractivity contribution in [3.05, 3.63) is 33.7 Å². The molecule has 0 aliphatic carbocycles. The number of rotatable bonds is 4. The monoisotopic (exact) mass is 343 g/mol.